The monoisotopic (exact) mass is 394 g/mol. The first-order valence-corrected chi connectivity index (χ1v) is 10.2. The normalized spacial score (nSPS) is 16.0. The zero-order valence-electron chi connectivity index (χ0n) is 16.5. The van der Waals surface area contributed by atoms with Gasteiger partial charge in [-0.3, -0.25) is 4.79 Å². The Labute approximate surface area is 175 Å². The van der Waals surface area contributed by atoms with E-state index >= 15 is 0 Å². The van der Waals surface area contributed by atoms with Crippen LogP contribution >= 0.6 is 0 Å². The van der Waals surface area contributed by atoms with Gasteiger partial charge in [0.1, 0.15) is 0 Å². The molecule has 1 unspecified atom stereocenters. The van der Waals surface area contributed by atoms with Gasteiger partial charge in [0.25, 0.3) is 5.91 Å². The number of nitrogens with one attached hydrogen (secondary N) is 1. The summed E-state index contributed by atoms with van der Waals surface area (Å²) >= 11 is 0. The van der Waals surface area contributed by atoms with Crippen molar-refractivity contribution in [3.63, 3.8) is 0 Å². The van der Waals surface area contributed by atoms with Crippen LogP contribution < -0.4 is 10.2 Å². The van der Waals surface area contributed by atoms with Crippen LogP contribution in [0, 0.1) is 0 Å². The molecule has 0 spiro atoms. The van der Waals surface area contributed by atoms with E-state index in [9.17, 15) is 4.79 Å². The number of amides is 1. The van der Waals surface area contributed by atoms with Gasteiger partial charge >= 0.3 is 0 Å². The highest BCUT2D eigenvalue weighted by Crippen LogP contribution is 2.25. The van der Waals surface area contributed by atoms with Gasteiger partial charge in [0.2, 0.25) is 5.95 Å². The van der Waals surface area contributed by atoms with E-state index in [0.29, 0.717) is 18.1 Å². The summed E-state index contributed by atoms with van der Waals surface area (Å²) < 4.78 is 0. The van der Waals surface area contributed by atoms with Crippen LogP contribution in [-0.4, -0.2) is 35.0 Å². The molecule has 1 atom stereocenters. The molecule has 1 aromatic heterocycles. The summed E-state index contributed by atoms with van der Waals surface area (Å²) in [6.45, 7) is 1.53. The van der Waals surface area contributed by atoms with Crippen LogP contribution in [0.15, 0.2) is 85.1 Å². The van der Waals surface area contributed by atoms with E-state index in [2.05, 4.69) is 45.5 Å². The number of carbonyl (C=O) groups excluding carboxylic acids is 1. The molecule has 1 aliphatic rings. The van der Waals surface area contributed by atoms with E-state index in [-0.39, 0.29) is 11.9 Å². The third-order valence-electron chi connectivity index (χ3n) is 5.53. The molecule has 5 heteroatoms. The van der Waals surface area contributed by atoms with Crippen molar-refractivity contribution in [1.29, 1.82) is 0 Å². The van der Waals surface area contributed by atoms with Crippen molar-refractivity contribution in [3.05, 3.63) is 90.6 Å². The summed E-state index contributed by atoms with van der Waals surface area (Å²) in [5, 5.41) is 5.53. The van der Waals surface area contributed by atoms with Gasteiger partial charge in [0, 0.05) is 36.5 Å². The Kier molecular flexibility index (Phi) is 4.85. The second kappa shape index (κ2) is 7.95. The topological polar surface area (TPSA) is 58.1 Å². The molecule has 30 heavy (non-hydrogen) atoms. The zero-order valence-corrected chi connectivity index (χ0v) is 16.5. The van der Waals surface area contributed by atoms with E-state index in [1.807, 2.05) is 54.7 Å². The number of aromatic nitrogens is 2. The van der Waals surface area contributed by atoms with E-state index in [0.717, 1.165) is 24.2 Å². The maximum atomic E-state index is 12.4. The average Bonchev–Trinajstić information content (AvgIpc) is 3.28. The second-order valence-electron chi connectivity index (χ2n) is 7.57. The smallest absolute Gasteiger partial charge is 0.251 e. The molecule has 4 aromatic rings. The van der Waals surface area contributed by atoms with Crippen LogP contribution in [-0.2, 0) is 0 Å². The minimum absolute atomic E-state index is 0.0340. The van der Waals surface area contributed by atoms with Gasteiger partial charge in [-0.2, -0.15) is 0 Å². The van der Waals surface area contributed by atoms with Crippen LogP contribution in [0.2, 0.25) is 0 Å². The van der Waals surface area contributed by atoms with Crippen LogP contribution in [0.3, 0.4) is 0 Å². The zero-order chi connectivity index (χ0) is 20.3. The number of rotatable bonds is 4. The fraction of sp³-hybridized carbons (Fsp3) is 0.160. The summed E-state index contributed by atoms with van der Waals surface area (Å²) in [7, 11) is 0. The fourth-order valence-corrected chi connectivity index (χ4v) is 3.93. The highest BCUT2D eigenvalue weighted by Gasteiger charge is 2.26. The molecular weight excluding hydrogens is 372 g/mol. The van der Waals surface area contributed by atoms with Crippen LogP contribution in [0.25, 0.3) is 22.0 Å². The number of hydrogen-bond acceptors (Lipinski definition) is 4. The maximum absolute atomic E-state index is 12.4. The lowest BCUT2D eigenvalue weighted by Crippen LogP contribution is -2.37. The molecule has 0 aliphatic carbocycles. The first-order valence-electron chi connectivity index (χ1n) is 10.2. The van der Waals surface area contributed by atoms with Crippen molar-refractivity contribution in [1.82, 2.24) is 15.3 Å². The molecule has 0 bridgehead atoms. The molecule has 5 nitrogen and oxygen atoms in total. The van der Waals surface area contributed by atoms with Crippen molar-refractivity contribution >= 4 is 22.6 Å². The van der Waals surface area contributed by atoms with Gasteiger partial charge < -0.3 is 10.2 Å². The minimum Gasteiger partial charge on any atom is -0.347 e. The number of hydrogen-bond donors (Lipinski definition) is 1. The van der Waals surface area contributed by atoms with Gasteiger partial charge in [0.15, 0.2) is 0 Å². The summed E-state index contributed by atoms with van der Waals surface area (Å²) in [6, 6.07) is 26.1. The Morgan fingerprint density at radius 1 is 0.933 bits per heavy atom. The van der Waals surface area contributed by atoms with Gasteiger partial charge in [-0.05, 0) is 41.5 Å². The van der Waals surface area contributed by atoms with E-state index in [4.69, 9.17) is 4.98 Å². The van der Waals surface area contributed by atoms with Crippen molar-refractivity contribution < 1.29 is 4.79 Å². The number of carbonyl (C=O) groups is 1. The van der Waals surface area contributed by atoms with Gasteiger partial charge in [-0.25, -0.2) is 9.97 Å². The lowest BCUT2D eigenvalue weighted by atomic mass is 10.1. The Bertz CT molecular complexity index is 1190. The highest BCUT2D eigenvalue weighted by molar-refractivity contribution is 5.94. The Morgan fingerprint density at radius 3 is 2.60 bits per heavy atom. The second-order valence-corrected chi connectivity index (χ2v) is 7.57. The predicted octanol–water partition coefficient (Wildman–Crippen LogP) is 4.31. The molecular formula is C25H22N4O. The summed E-state index contributed by atoms with van der Waals surface area (Å²) in [5.74, 6) is 0.672. The lowest BCUT2D eigenvalue weighted by Gasteiger charge is -2.17. The first-order chi connectivity index (χ1) is 14.8. The SMILES string of the molecule is O=C(NC1CCN(c2nccc(-c3ccc4ccccc4c3)n2)C1)c1ccccc1. The number of benzene rings is 3. The number of nitrogens with zero attached hydrogens (tertiary/aromatic N) is 3. The molecule has 1 amide bonds. The lowest BCUT2D eigenvalue weighted by molar-refractivity contribution is 0.0940. The predicted molar refractivity (Wildman–Crippen MR) is 120 cm³/mol. The minimum atomic E-state index is -0.0340. The van der Waals surface area contributed by atoms with Crippen LogP contribution in [0.1, 0.15) is 16.8 Å². The van der Waals surface area contributed by atoms with E-state index in [1.54, 1.807) is 0 Å². The molecule has 148 valence electrons. The molecule has 1 fully saturated rings. The Balaban J connectivity index is 1.31. The van der Waals surface area contributed by atoms with Crippen molar-refractivity contribution in [3.8, 4) is 11.3 Å². The molecule has 1 N–H and O–H groups in total. The molecule has 1 aliphatic heterocycles. The number of anilines is 1. The third-order valence-corrected chi connectivity index (χ3v) is 5.53. The van der Waals surface area contributed by atoms with Gasteiger partial charge in [0.05, 0.1) is 5.69 Å². The van der Waals surface area contributed by atoms with Gasteiger partial charge in [-0.15, -0.1) is 0 Å². The largest absolute Gasteiger partial charge is 0.347 e. The highest BCUT2D eigenvalue weighted by atomic mass is 16.1. The molecule has 1 saturated heterocycles. The quantitative estimate of drug-likeness (QED) is 0.561. The molecule has 5 rings (SSSR count). The Morgan fingerprint density at radius 2 is 1.73 bits per heavy atom. The fourth-order valence-electron chi connectivity index (χ4n) is 3.93. The average molecular weight is 394 g/mol. The number of fused-ring (bicyclic) bond motifs is 1. The van der Waals surface area contributed by atoms with Crippen LogP contribution in [0.5, 0.6) is 0 Å². The maximum Gasteiger partial charge on any atom is 0.251 e. The van der Waals surface area contributed by atoms with Crippen molar-refractivity contribution in [2.45, 2.75) is 12.5 Å². The summed E-state index contributed by atoms with van der Waals surface area (Å²) in [4.78, 5) is 23.9. The van der Waals surface area contributed by atoms with Crippen LogP contribution in [0.4, 0.5) is 5.95 Å². The van der Waals surface area contributed by atoms with E-state index in [1.165, 1.54) is 10.8 Å². The third kappa shape index (κ3) is 3.74. The standard InChI is InChI=1S/C25H22N4O/c30-24(19-7-2-1-3-8-19)27-22-13-15-29(17-22)25-26-14-12-23(28-25)21-11-10-18-6-4-5-9-20(18)16-21/h1-12,14,16,22H,13,15,17H2,(H,27,30). The Hall–Kier alpha value is -3.73. The molecule has 2 heterocycles. The first kappa shape index (κ1) is 18.3. The summed E-state index contributed by atoms with van der Waals surface area (Å²) in [6.07, 6.45) is 2.69. The van der Waals surface area contributed by atoms with E-state index < -0.39 is 0 Å². The summed E-state index contributed by atoms with van der Waals surface area (Å²) in [5.41, 5.74) is 2.67. The van der Waals surface area contributed by atoms with Gasteiger partial charge in [-0.1, -0.05) is 54.6 Å². The molecule has 0 radical (unpaired) electrons. The van der Waals surface area contributed by atoms with Crippen molar-refractivity contribution in [2.24, 2.45) is 0 Å². The van der Waals surface area contributed by atoms with Crippen molar-refractivity contribution in [2.75, 3.05) is 18.0 Å². The molecule has 3 aromatic carbocycles. The molecule has 0 saturated carbocycles.